The number of thiophene rings is 1. The van der Waals surface area contributed by atoms with Crippen LogP contribution in [0.5, 0.6) is 0 Å². The van der Waals surface area contributed by atoms with Crippen molar-refractivity contribution in [1.29, 1.82) is 0 Å². The highest BCUT2D eigenvalue weighted by atomic mass is 79.9. The van der Waals surface area contributed by atoms with Gasteiger partial charge >= 0.3 is 0 Å². The van der Waals surface area contributed by atoms with Crippen LogP contribution in [0.25, 0.3) is 0 Å². The van der Waals surface area contributed by atoms with Crippen LogP contribution < -0.4 is 5.73 Å². The SMILES string of the molecule is CCC(CC)CC(N)c1sccc1Br. The Labute approximate surface area is 98.8 Å². The van der Waals surface area contributed by atoms with Crippen molar-refractivity contribution in [2.45, 2.75) is 39.2 Å². The topological polar surface area (TPSA) is 26.0 Å². The average Bonchev–Trinajstić information content (AvgIpc) is 2.60. The van der Waals surface area contributed by atoms with Gasteiger partial charge in [0.05, 0.1) is 0 Å². The molecule has 1 heterocycles. The quantitative estimate of drug-likeness (QED) is 0.850. The molecule has 80 valence electrons. The standard InChI is InChI=1S/C11H18BrNS/c1-3-8(4-2)7-10(13)11-9(12)5-6-14-11/h5-6,8,10H,3-4,7,13H2,1-2H3. The molecule has 1 aromatic heterocycles. The molecule has 0 spiro atoms. The van der Waals surface area contributed by atoms with E-state index in [9.17, 15) is 0 Å². The van der Waals surface area contributed by atoms with Crippen molar-refractivity contribution in [3.63, 3.8) is 0 Å². The van der Waals surface area contributed by atoms with E-state index in [0.717, 1.165) is 12.3 Å². The van der Waals surface area contributed by atoms with E-state index in [1.807, 2.05) is 0 Å². The minimum absolute atomic E-state index is 0.203. The van der Waals surface area contributed by atoms with Crippen LogP contribution in [0.15, 0.2) is 15.9 Å². The highest BCUT2D eigenvalue weighted by Crippen LogP contribution is 2.32. The van der Waals surface area contributed by atoms with Crippen LogP contribution in [0.1, 0.15) is 44.0 Å². The van der Waals surface area contributed by atoms with E-state index in [1.165, 1.54) is 22.2 Å². The first-order valence-corrected chi connectivity index (χ1v) is 6.84. The minimum Gasteiger partial charge on any atom is -0.323 e. The Kier molecular flexibility index (Phi) is 5.13. The summed E-state index contributed by atoms with van der Waals surface area (Å²) < 4.78 is 1.17. The van der Waals surface area contributed by atoms with Gasteiger partial charge in [0, 0.05) is 15.4 Å². The van der Waals surface area contributed by atoms with Crippen LogP contribution in [-0.2, 0) is 0 Å². The Hall–Kier alpha value is 0.140. The zero-order valence-electron chi connectivity index (χ0n) is 8.79. The minimum atomic E-state index is 0.203. The molecular formula is C11H18BrNS. The van der Waals surface area contributed by atoms with Crippen LogP contribution >= 0.6 is 27.3 Å². The summed E-state index contributed by atoms with van der Waals surface area (Å²) in [4.78, 5) is 1.29. The maximum absolute atomic E-state index is 6.17. The molecule has 1 nitrogen and oxygen atoms in total. The van der Waals surface area contributed by atoms with Gasteiger partial charge in [0.1, 0.15) is 0 Å². The molecule has 1 atom stereocenters. The largest absolute Gasteiger partial charge is 0.323 e. The molecule has 14 heavy (non-hydrogen) atoms. The molecule has 1 aromatic rings. The molecule has 0 bridgehead atoms. The summed E-state index contributed by atoms with van der Waals surface area (Å²) in [6.07, 6.45) is 3.56. The van der Waals surface area contributed by atoms with E-state index in [2.05, 4.69) is 41.2 Å². The van der Waals surface area contributed by atoms with Crippen molar-refractivity contribution in [3.05, 3.63) is 20.8 Å². The third-order valence-corrected chi connectivity index (χ3v) is 4.73. The van der Waals surface area contributed by atoms with Gasteiger partial charge in [0.2, 0.25) is 0 Å². The van der Waals surface area contributed by atoms with Crippen molar-refractivity contribution >= 4 is 27.3 Å². The predicted molar refractivity (Wildman–Crippen MR) is 67.6 cm³/mol. The number of hydrogen-bond donors (Lipinski definition) is 1. The van der Waals surface area contributed by atoms with E-state index in [-0.39, 0.29) is 6.04 Å². The number of nitrogens with two attached hydrogens (primary N) is 1. The van der Waals surface area contributed by atoms with Gasteiger partial charge in [-0.05, 0) is 39.7 Å². The number of hydrogen-bond acceptors (Lipinski definition) is 2. The highest BCUT2D eigenvalue weighted by molar-refractivity contribution is 9.10. The van der Waals surface area contributed by atoms with Gasteiger partial charge in [-0.2, -0.15) is 0 Å². The second kappa shape index (κ2) is 5.89. The molecule has 0 radical (unpaired) electrons. The molecule has 0 saturated carbocycles. The summed E-state index contributed by atoms with van der Waals surface area (Å²) in [7, 11) is 0. The van der Waals surface area contributed by atoms with Crippen LogP contribution in [0, 0.1) is 5.92 Å². The van der Waals surface area contributed by atoms with Gasteiger partial charge in [0.25, 0.3) is 0 Å². The van der Waals surface area contributed by atoms with Crippen LogP contribution in [0.4, 0.5) is 0 Å². The monoisotopic (exact) mass is 275 g/mol. The molecule has 1 unspecified atom stereocenters. The van der Waals surface area contributed by atoms with Crippen LogP contribution in [0.3, 0.4) is 0 Å². The van der Waals surface area contributed by atoms with Crippen molar-refractivity contribution in [3.8, 4) is 0 Å². The van der Waals surface area contributed by atoms with E-state index in [1.54, 1.807) is 11.3 Å². The first kappa shape index (κ1) is 12.2. The van der Waals surface area contributed by atoms with Gasteiger partial charge in [-0.25, -0.2) is 0 Å². The lowest BCUT2D eigenvalue weighted by Gasteiger charge is -2.17. The molecule has 0 aromatic carbocycles. The molecule has 3 heteroatoms. The van der Waals surface area contributed by atoms with Gasteiger partial charge in [-0.1, -0.05) is 26.7 Å². The fourth-order valence-electron chi connectivity index (χ4n) is 1.66. The molecular weight excluding hydrogens is 258 g/mol. The molecule has 0 aliphatic heterocycles. The fourth-order valence-corrected chi connectivity index (χ4v) is 3.34. The lowest BCUT2D eigenvalue weighted by atomic mass is 9.94. The zero-order chi connectivity index (χ0) is 10.6. The van der Waals surface area contributed by atoms with Crippen molar-refractivity contribution < 1.29 is 0 Å². The Morgan fingerprint density at radius 3 is 2.50 bits per heavy atom. The average molecular weight is 276 g/mol. The van der Waals surface area contributed by atoms with Crippen LogP contribution in [-0.4, -0.2) is 0 Å². The lowest BCUT2D eigenvalue weighted by Crippen LogP contribution is -2.14. The maximum Gasteiger partial charge on any atom is 0.0403 e. The lowest BCUT2D eigenvalue weighted by molar-refractivity contribution is 0.417. The van der Waals surface area contributed by atoms with Crippen molar-refractivity contribution in [1.82, 2.24) is 0 Å². The molecule has 1 rings (SSSR count). The van der Waals surface area contributed by atoms with Gasteiger partial charge in [0.15, 0.2) is 0 Å². The Morgan fingerprint density at radius 1 is 1.43 bits per heavy atom. The Morgan fingerprint density at radius 2 is 2.07 bits per heavy atom. The normalized spacial score (nSPS) is 13.5. The summed E-state index contributed by atoms with van der Waals surface area (Å²) >= 11 is 5.28. The second-order valence-electron chi connectivity index (χ2n) is 3.66. The summed E-state index contributed by atoms with van der Waals surface area (Å²) in [5.41, 5.74) is 6.17. The third kappa shape index (κ3) is 3.07. The second-order valence-corrected chi connectivity index (χ2v) is 5.46. The maximum atomic E-state index is 6.17. The number of halogens is 1. The molecule has 0 aliphatic carbocycles. The predicted octanol–water partition coefficient (Wildman–Crippen LogP) is 4.34. The highest BCUT2D eigenvalue weighted by Gasteiger charge is 2.15. The Balaban J connectivity index is 2.58. The molecule has 2 N–H and O–H groups in total. The fraction of sp³-hybridized carbons (Fsp3) is 0.636. The van der Waals surface area contributed by atoms with E-state index in [4.69, 9.17) is 5.73 Å². The molecule has 0 amide bonds. The summed E-state index contributed by atoms with van der Waals surface area (Å²) in [5, 5.41) is 2.09. The van der Waals surface area contributed by atoms with Crippen molar-refractivity contribution in [2.24, 2.45) is 11.7 Å². The molecule has 0 fully saturated rings. The Bertz CT molecular complexity index is 268. The first-order chi connectivity index (χ1) is 6.69. The molecule has 0 aliphatic rings. The van der Waals surface area contributed by atoms with E-state index < -0.39 is 0 Å². The van der Waals surface area contributed by atoms with Crippen LogP contribution in [0.2, 0.25) is 0 Å². The number of rotatable bonds is 5. The van der Waals surface area contributed by atoms with E-state index >= 15 is 0 Å². The molecule has 0 saturated heterocycles. The van der Waals surface area contributed by atoms with Gasteiger partial charge in [-0.3, -0.25) is 0 Å². The first-order valence-electron chi connectivity index (χ1n) is 5.17. The summed E-state index contributed by atoms with van der Waals surface area (Å²) in [5.74, 6) is 0.763. The summed E-state index contributed by atoms with van der Waals surface area (Å²) in [6, 6.07) is 2.28. The smallest absolute Gasteiger partial charge is 0.0403 e. The summed E-state index contributed by atoms with van der Waals surface area (Å²) in [6.45, 7) is 4.48. The van der Waals surface area contributed by atoms with E-state index in [0.29, 0.717) is 0 Å². The van der Waals surface area contributed by atoms with Gasteiger partial charge in [-0.15, -0.1) is 11.3 Å². The third-order valence-electron chi connectivity index (χ3n) is 2.72. The zero-order valence-corrected chi connectivity index (χ0v) is 11.2. The van der Waals surface area contributed by atoms with Gasteiger partial charge < -0.3 is 5.73 Å². The van der Waals surface area contributed by atoms with Crippen molar-refractivity contribution in [2.75, 3.05) is 0 Å².